The van der Waals surface area contributed by atoms with Crippen molar-refractivity contribution in [1.29, 1.82) is 0 Å². The number of fused-ring (bicyclic) bond motifs is 2. The molecule has 2 bridgehead atoms. The van der Waals surface area contributed by atoms with Crippen LogP contribution in [0.5, 0.6) is 0 Å². The molecule has 0 fully saturated rings. The molecule has 0 saturated carbocycles. The lowest BCUT2D eigenvalue weighted by Gasteiger charge is -2.35. The van der Waals surface area contributed by atoms with Crippen LogP contribution >= 0.6 is 0 Å². The summed E-state index contributed by atoms with van der Waals surface area (Å²) in [7, 11) is -2.30. The topological polar surface area (TPSA) is 136 Å². The zero-order valence-electron chi connectivity index (χ0n) is 21.9. The van der Waals surface area contributed by atoms with Gasteiger partial charge in [0, 0.05) is 51.4 Å². The Morgan fingerprint density at radius 1 is 1.26 bits per heavy atom. The number of aliphatic hydroxyl groups is 1. The molecule has 2 aromatic heterocycles. The minimum atomic E-state index is -3.82. The number of nitrogens with zero attached hydrogens (tertiary/aromatic N) is 7. The molecule has 3 atom stereocenters. The summed E-state index contributed by atoms with van der Waals surface area (Å²) in [6.07, 6.45) is 5.56. The average molecular weight is 546 g/mol. The molecule has 0 unspecified atom stereocenters. The Morgan fingerprint density at radius 2 is 2.03 bits per heavy atom. The van der Waals surface area contributed by atoms with Crippen molar-refractivity contribution in [2.24, 2.45) is 5.92 Å². The second kappa shape index (κ2) is 12.2. The van der Waals surface area contributed by atoms with Crippen LogP contribution in [0.2, 0.25) is 0 Å². The summed E-state index contributed by atoms with van der Waals surface area (Å²) in [6, 6.07) is 7.94. The number of aliphatic hydroxyl groups excluding tert-OH is 1. The van der Waals surface area contributed by atoms with E-state index >= 15 is 0 Å². The van der Waals surface area contributed by atoms with Crippen molar-refractivity contribution >= 4 is 15.9 Å². The zero-order valence-corrected chi connectivity index (χ0v) is 22.7. The van der Waals surface area contributed by atoms with E-state index in [9.17, 15) is 18.3 Å². The predicted octanol–water partition coefficient (Wildman–Crippen LogP) is 1.31. The highest BCUT2D eigenvalue weighted by molar-refractivity contribution is 7.89. The van der Waals surface area contributed by atoms with Crippen molar-refractivity contribution < 1.29 is 23.1 Å². The minimum Gasteiger partial charge on any atom is -0.394 e. The third kappa shape index (κ3) is 6.46. The zero-order chi connectivity index (χ0) is 27.3. The van der Waals surface area contributed by atoms with E-state index < -0.39 is 16.1 Å². The number of carbonyl (C=O) groups is 1. The fraction of sp³-hybridized carbons (Fsp3) is 0.520. The van der Waals surface area contributed by atoms with Gasteiger partial charge in [-0.05, 0) is 43.7 Å². The van der Waals surface area contributed by atoms with E-state index in [1.807, 2.05) is 6.92 Å². The highest BCUT2D eigenvalue weighted by Gasteiger charge is 2.31. The Balaban J connectivity index is 1.55. The molecule has 0 aliphatic carbocycles. The number of benzene rings is 1. The molecule has 0 spiro atoms. The van der Waals surface area contributed by atoms with Gasteiger partial charge in [0.2, 0.25) is 15.9 Å². The van der Waals surface area contributed by atoms with Gasteiger partial charge in [0.1, 0.15) is 5.69 Å². The Hall–Kier alpha value is -3.13. The Morgan fingerprint density at radius 3 is 2.71 bits per heavy atom. The second-order valence-corrected chi connectivity index (χ2v) is 11.8. The molecule has 4 rings (SSSR count). The SMILES string of the molecule is C[C@H]1CN([C@@H](C)CO)C(=O)CCCn2cc(nn2)CO[C@@H]1CN(C)S(=O)(=O)c1ccc(-n2cccn2)cc1. The molecule has 206 valence electrons. The molecular weight excluding hydrogens is 510 g/mol. The van der Waals surface area contributed by atoms with Crippen molar-refractivity contribution in [2.75, 3.05) is 26.7 Å². The lowest BCUT2D eigenvalue weighted by atomic mass is 10.0. The van der Waals surface area contributed by atoms with Gasteiger partial charge in [0.25, 0.3) is 0 Å². The molecule has 12 nitrogen and oxygen atoms in total. The quantitative estimate of drug-likeness (QED) is 0.469. The molecule has 0 radical (unpaired) electrons. The highest BCUT2D eigenvalue weighted by Crippen LogP contribution is 2.21. The van der Waals surface area contributed by atoms with Crippen LogP contribution in [0.25, 0.3) is 5.69 Å². The summed E-state index contributed by atoms with van der Waals surface area (Å²) in [5.41, 5.74) is 1.38. The predicted molar refractivity (Wildman–Crippen MR) is 139 cm³/mol. The molecule has 3 aromatic rings. The van der Waals surface area contributed by atoms with Crippen molar-refractivity contribution in [3.63, 3.8) is 0 Å². The normalized spacial score (nSPS) is 20.6. The smallest absolute Gasteiger partial charge is 0.242 e. The molecule has 0 saturated heterocycles. The van der Waals surface area contributed by atoms with Gasteiger partial charge in [-0.25, -0.2) is 13.1 Å². The Labute approximate surface area is 222 Å². The summed E-state index contributed by atoms with van der Waals surface area (Å²) < 4.78 is 37.7. The average Bonchev–Trinajstić information content (AvgIpc) is 3.61. The van der Waals surface area contributed by atoms with Gasteiger partial charge in [-0.3, -0.25) is 9.48 Å². The van der Waals surface area contributed by atoms with Gasteiger partial charge in [-0.1, -0.05) is 12.1 Å². The maximum Gasteiger partial charge on any atom is 0.242 e. The van der Waals surface area contributed by atoms with Gasteiger partial charge in [-0.2, -0.15) is 9.40 Å². The summed E-state index contributed by atoms with van der Waals surface area (Å²) in [4.78, 5) is 14.8. The van der Waals surface area contributed by atoms with Gasteiger partial charge in [0.15, 0.2) is 0 Å². The van der Waals surface area contributed by atoms with Gasteiger partial charge < -0.3 is 14.7 Å². The van der Waals surface area contributed by atoms with Gasteiger partial charge in [-0.15, -0.1) is 5.10 Å². The number of hydrogen-bond acceptors (Lipinski definition) is 8. The standard InChI is InChI=1S/C25H35N7O5S/c1-19-14-31(20(2)17-33)25(34)6-4-12-30-15-21(27-28-30)18-37-24(19)16-29(3)38(35,36)23-9-7-22(8-10-23)32-13-5-11-26-32/h5,7-11,13,15,19-20,24,33H,4,6,12,14,16-18H2,1-3H3/t19-,20-,24+/m0/s1. The van der Waals surface area contributed by atoms with Crippen LogP contribution in [-0.4, -0.2) is 92.3 Å². The van der Waals surface area contributed by atoms with E-state index in [4.69, 9.17) is 4.74 Å². The molecule has 38 heavy (non-hydrogen) atoms. The van der Waals surface area contributed by atoms with Crippen LogP contribution < -0.4 is 0 Å². The molecular formula is C25H35N7O5S. The molecule has 1 amide bonds. The van der Waals surface area contributed by atoms with Crippen molar-refractivity contribution in [3.8, 4) is 5.69 Å². The number of sulfonamides is 1. The molecule has 13 heteroatoms. The number of likely N-dealkylation sites (N-methyl/N-ethyl adjacent to an activating group) is 1. The van der Waals surface area contributed by atoms with Crippen LogP contribution in [-0.2, 0) is 32.7 Å². The molecule has 1 aromatic carbocycles. The Bertz CT molecular complexity index is 1290. The van der Waals surface area contributed by atoms with Crippen LogP contribution in [0.1, 0.15) is 32.4 Å². The first kappa shape index (κ1) is 27.9. The molecule has 1 aliphatic rings. The first-order valence-corrected chi connectivity index (χ1v) is 14.1. The molecule has 3 heterocycles. The fourth-order valence-electron chi connectivity index (χ4n) is 4.42. The summed E-state index contributed by atoms with van der Waals surface area (Å²) in [6.45, 7) is 4.63. The summed E-state index contributed by atoms with van der Waals surface area (Å²) in [5, 5.41) is 22.2. The largest absolute Gasteiger partial charge is 0.394 e. The van der Waals surface area contributed by atoms with Crippen LogP contribution in [0.3, 0.4) is 0 Å². The number of hydrogen-bond donors (Lipinski definition) is 1. The van der Waals surface area contributed by atoms with Crippen molar-refractivity contribution in [2.45, 2.75) is 56.9 Å². The number of ether oxygens (including phenoxy) is 1. The van der Waals surface area contributed by atoms with Crippen LogP contribution in [0.15, 0.2) is 53.8 Å². The maximum atomic E-state index is 13.4. The summed E-state index contributed by atoms with van der Waals surface area (Å²) in [5.74, 6) is -0.307. The highest BCUT2D eigenvalue weighted by atomic mass is 32.2. The van der Waals surface area contributed by atoms with Crippen molar-refractivity contribution in [3.05, 3.63) is 54.6 Å². The first-order chi connectivity index (χ1) is 18.2. The Kier molecular flexibility index (Phi) is 8.92. The van der Waals surface area contributed by atoms with E-state index in [1.54, 1.807) is 70.1 Å². The third-order valence-corrected chi connectivity index (χ3v) is 8.63. The lowest BCUT2D eigenvalue weighted by molar-refractivity contribution is -0.136. The number of carbonyl (C=O) groups excluding carboxylic acids is 1. The van der Waals surface area contributed by atoms with Gasteiger partial charge >= 0.3 is 0 Å². The molecule has 1 aliphatic heterocycles. The van der Waals surface area contributed by atoms with E-state index in [0.717, 1.165) is 5.69 Å². The number of aromatic nitrogens is 5. The third-order valence-electron chi connectivity index (χ3n) is 6.80. The van der Waals surface area contributed by atoms with E-state index in [-0.39, 0.29) is 42.5 Å². The monoisotopic (exact) mass is 545 g/mol. The molecule has 1 N–H and O–H groups in total. The number of aryl methyl sites for hydroxylation is 1. The van der Waals surface area contributed by atoms with E-state index in [1.165, 1.54) is 11.4 Å². The summed E-state index contributed by atoms with van der Waals surface area (Å²) >= 11 is 0. The number of amides is 1. The van der Waals surface area contributed by atoms with Gasteiger partial charge in [0.05, 0.1) is 42.1 Å². The van der Waals surface area contributed by atoms with E-state index in [2.05, 4.69) is 15.4 Å². The first-order valence-electron chi connectivity index (χ1n) is 12.7. The van der Waals surface area contributed by atoms with Crippen molar-refractivity contribution in [1.82, 2.24) is 34.0 Å². The second-order valence-electron chi connectivity index (χ2n) is 9.71. The number of rotatable bonds is 7. The minimum absolute atomic E-state index is 0.0636. The lowest BCUT2D eigenvalue weighted by Crippen LogP contribution is -2.47. The maximum absolute atomic E-state index is 13.4. The van der Waals surface area contributed by atoms with Crippen LogP contribution in [0.4, 0.5) is 0 Å². The van der Waals surface area contributed by atoms with Crippen LogP contribution in [0, 0.1) is 5.92 Å². The fourth-order valence-corrected chi connectivity index (χ4v) is 5.60. The van der Waals surface area contributed by atoms with E-state index in [0.29, 0.717) is 31.6 Å².